The first kappa shape index (κ1) is 46.5. The lowest BCUT2D eigenvalue weighted by Gasteiger charge is -2.43. The molecule has 0 bridgehead atoms. The molecule has 4 aliphatic heterocycles. The van der Waals surface area contributed by atoms with E-state index < -0.39 is 35.5 Å². The number of nitrogens with one attached hydrogen (secondary N) is 4. The maximum atomic E-state index is 13.8. The quantitative estimate of drug-likeness (QED) is 0.0474. The van der Waals surface area contributed by atoms with E-state index in [-0.39, 0.29) is 29.3 Å². The van der Waals surface area contributed by atoms with Gasteiger partial charge < -0.3 is 30.5 Å². The van der Waals surface area contributed by atoms with Crippen LogP contribution < -0.4 is 26.0 Å². The largest absolute Gasteiger partial charge is 0.491 e. The van der Waals surface area contributed by atoms with Gasteiger partial charge in [0, 0.05) is 74.6 Å². The zero-order valence-corrected chi connectivity index (χ0v) is 37.7. The fourth-order valence-corrected chi connectivity index (χ4v) is 9.51. The van der Waals surface area contributed by atoms with Gasteiger partial charge in [-0.25, -0.2) is 14.4 Å². The van der Waals surface area contributed by atoms with Crippen LogP contribution in [-0.2, 0) is 14.4 Å². The van der Waals surface area contributed by atoms with Crippen LogP contribution in [0, 0.1) is 5.82 Å². The highest BCUT2D eigenvalue weighted by Crippen LogP contribution is 2.35. The fraction of sp³-hybridized carbons (Fsp3) is 0.438. The van der Waals surface area contributed by atoms with E-state index in [4.69, 9.17) is 16.3 Å². The van der Waals surface area contributed by atoms with Gasteiger partial charge in [0.25, 0.3) is 11.8 Å². The summed E-state index contributed by atoms with van der Waals surface area (Å²) in [5.41, 5.74) is 2.79. The molecule has 1 unspecified atom stereocenters. The van der Waals surface area contributed by atoms with E-state index in [0.717, 1.165) is 102 Å². The minimum Gasteiger partial charge on any atom is -0.491 e. The molecule has 5 amide bonds. The Kier molecular flexibility index (Phi) is 15.2. The highest BCUT2D eigenvalue weighted by atomic mass is 35.5. The maximum absolute atomic E-state index is 13.8. The number of unbranched alkanes of at least 4 members (excludes halogenated alkanes) is 3. The Labute approximate surface area is 388 Å². The van der Waals surface area contributed by atoms with E-state index in [2.05, 4.69) is 52.5 Å². The molecule has 8 rings (SSSR count). The molecular weight excluding hydrogens is 867 g/mol. The molecule has 348 valence electrons. The molecule has 4 N–H and O–H groups in total. The molecule has 18 heteroatoms. The second-order valence-electron chi connectivity index (χ2n) is 17.2. The van der Waals surface area contributed by atoms with E-state index in [0.29, 0.717) is 64.3 Å². The summed E-state index contributed by atoms with van der Waals surface area (Å²) in [5, 5.41) is 12.2. The van der Waals surface area contributed by atoms with Crippen LogP contribution in [0.2, 0.25) is 5.02 Å². The second kappa shape index (κ2) is 21.5. The molecule has 3 saturated heterocycles. The van der Waals surface area contributed by atoms with Gasteiger partial charge in [0.05, 0.1) is 34.0 Å². The SMILES string of the molecule is C=CC(=O)Nc1cc2c(Nc3ccc(F)c(Cl)c3)ncnc2cc1OCCCN1CCC(N2CCN(CCCCCCNc3cccc4c3C(=O)N(C3CCC(=O)NC3=O)C4=O)CC2)CC1. The molecule has 4 aromatic rings. The number of amides is 5. The van der Waals surface area contributed by atoms with Crippen molar-refractivity contribution in [2.45, 2.75) is 69.9 Å². The van der Waals surface area contributed by atoms with Crippen molar-refractivity contribution in [3.8, 4) is 5.75 Å². The topological polar surface area (TPSA) is 181 Å². The van der Waals surface area contributed by atoms with Crippen LogP contribution in [0.4, 0.5) is 27.3 Å². The van der Waals surface area contributed by atoms with Gasteiger partial charge in [-0.1, -0.05) is 37.1 Å². The van der Waals surface area contributed by atoms with Crippen LogP contribution in [0.5, 0.6) is 5.75 Å². The van der Waals surface area contributed by atoms with Crippen molar-refractivity contribution < 1.29 is 33.1 Å². The molecule has 5 heterocycles. The number of rotatable bonds is 19. The molecule has 4 aliphatic rings. The van der Waals surface area contributed by atoms with E-state index >= 15 is 0 Å². The number of halogens is 2. The van der Waals surface area contributed by atoms with E-state index in [1.165, 1.54) is 24.5 Å². The van der Waals surface area contributed by atoms with E-state index in [1.807, 2.05) is 0 Å². The summed E-state index contributed by atoms with van der Waals surface area (Å²) in [6.45, 7) is 13.1. The summed E-state index contributed by atoms with van der Waals surface area (Å²) in [6, 6.07) is 12.6. The highest BCUT2D eigenvalue weighted by Gasteiger charge is 2.45. The van der Waals surface area contributed by atoms with Crippen molar-refractivity contribution in [1.82, 2.24) is 34.9 Å². The number of imide groups is 2. The normalized spacial score (nSPS) is 18.6. The number of benzene rings is 3. The summed E-state index contributed by atoms with van der Waals surface area (Å²) < 4.78 is 20.0. The van der Waals surface area contributed by atoms with Crippen molar-refractivity contribution in [3.05, 3.63) is 89.5 Å². The molecule has 0 spiro atoms. The summed E-state index contributed by atoms with van der Waals surface area (Å²) in [6.07, 6.45) is 10.2. The van der Waals surface area contributed by atoms with Crippen molar-refractivity contribution in [2.24, 2.45) is 0 Å². The Morgan fingerprint density at radius 1 is 0.879 bits per heavy atom. The monoisotopic (exact) mass is 922 g/mol. The smallest absolute Gasteiger partial charge is 0.264 e. The molecule has 1 aromatic heterocycles. The number of piperazine rings is 1. The third-order valence-electron chi connectivity index (χ3n) is 12.9. The molecule has 66 heavy (non-hydrogen) atoms. The van der Waals surface area contributed by atoms with Crippen molar-refractivity contribution in [3.63, 3.8) is 0 Å². The van der Waals surface area contributed by atoms with Gasteiger partial charge in [-0.05, 0) is 101 Å². The average molecular weight is 923 g/mol. The van der Waals surface area contributed by atoms with Crippen LogP contribution in [0.1, 0.15) is 78.5 Å². The summed E-state index contributed by atoms with van der Waals surface area (Å²) in [4.78, 5) is 80.5. The van der Waals surface area contributed by atoms with Crippen molar-refractivity contribution in [1.29, 1.82) is 0 Å². The van der Waals surface area contributed by atoms with Crippen LogP contribution >= 0.6 is 11.6 Å². The first-order valence-corrected chi connectivity index (χ1v) is 23.3. The van der Waals surface area contributed by atoms with Gasteiger partial charge >= 0.3 is 0 Å². The fourth-order valence-electron chi connectivity index (χ4n) is 9.32. The van der Waals surface area contributed by atoms with Gasteiger partial charge in [0.1, 0.15) is 29.8 Å². The molecule has 0 radical (unpaired) electrons. The first-order valence-electron chi connectivity index (χ1n) is 22.9. The Morgan fingerprint density at radius 3 is 2.42 bits per heavy atom. The van der Waals surface area contributed by atoms with Crippen LogP contribution in [0.25, 0.3) is 10.9 Å². The Morgan fingerprint density at radius 2 is 1.65 bits per heavy atom. The van der Waals surface area contributed by atoms with Crippen LogP contribution in [0.15, 0.2) is 67.5 Å². The van der Waals surface area contributed by atoms with E-state index in [1.54, 1.807) is 36.4 Å². The zero-order valence-electron chi connectivity index (χ0n) is 37.0. The number of ether oxygens (including phenoxy) is 1. The number of nitrogens with zero attached hydrogens (tertiary/aromatic N) is 6. The molecule has 3 fully saturated rings. The Hall–Kier alpha value is -6.01. The number of carbonyl (C=O) groups excluding carboxylic acids is 5. The van der Waals surface area contributed by atoms with Gasteiger partial charge in [-0.15, -0.1) is 0 Å². The van der Waals surface area contributed by atoms with Crippen molar-refractivity contribution >= 4 is 74.9 Å². The summed E-state index contributed by atoms with van der Waals surface area (Å²) in [5.74, 6) is -1.95. The number of likely N-dealkylation sites (tertiary alicyclic amines) is 1. The van der Waals surface area contributed by atoms with Gasteiger partial charge in [0.15, 0.2) is 0 Å². The van der Waals surface area contributed by atoms with Gasteiger partial charge in [0.2, 0.25) is 17.7 Å². The van der Waals surface area contributed by atoms with Gasteiger partial charge in [-0.2, -0.15) is 0 Å². The number of anilines is 4. The number of piperidine rings is 2. The maximum Gasteiger partial charge on any atom is 0.264 e. The minimum absolute atomic E-state index is 0.0163. The predicted molar refractivity (Wildman–Crippen MR) is 251 cm³/mol. The van der Waals surface area contributed by atoms with Crippen molar-refractivity contribution in [2.75, 3.05) is 81.5 Å². The Balaban J connectivity index is 0.708. The predicted octanol–water partition coefficient (Wildman–Crippen LogP) is 6.22. The lowest BCUT2D eigenvalue weighted by atomic mass is 10.0. The molecular formula is C48H56ClFN10O6. The standard InChI is InChI=1S/C48H56ClFN10O6/c1-2-42(61)55-39-28-34-38(52-30-53-45(34)54-31-11-12-36(50)35(49)27-31)29-41(39)66-26-8-19-57-20-15-32(16-21-57)59-24-22-58(23-25-59)18-6-4-3-5-17-51-37-10-7-9-33-44(37)48(65)60(47(33)64)40-13-14-43(62)56-46(40)63/h2,7,9-12,27-30,32,40,51H,1,3-6,8,13-26H2,(H,55,61)(H,52,53,54)(H,56,62,63). The number of carbonyl (C=O) groups is 5. The summed E-state index contributed by atoms with van der Waals surface area (Å²) in [7, 11) is 0. The number of hydrogen-bond acceptors (Lipinski definition) is 13. The number of hydrogen-bond donors (Lipinski definition) is 4. The summed E-state index contributed by atoms with van der Waals surface area (Å²) >= 11 is 5.99. The molecule has 3 aromatic carbocycles. The van der Waals surface area contributed by atoms with Gasteiger partial charge in [-0.3, -0.25) is 39.1 Å². The molecule has 16 nitrogen and oxygen atoms in total. The molecule has 0 saturated carbocycles. The number of fused-ring (bicyclic) bond motifs is 2. The lowest BCUT2D eigenvalue weighted by molar-refractivity contribution is -0.136. The molecule has 0 aliphatic carbocycles. The minimum atomic E-state index is -0.980. The van der Waals surface area contributed by atoms with Crippen LogP contribution in [0.3, 0.4) is 0 Å². The third-order valence-corrected chi connectivity index (χ3v) is 13.2. The van der Waals surface area contributed by atoms with Crippen LogP contribution in [-0.4, -0.2) is 137 Å². The first-order chi connectivity index (χ1) is 32.1. The third kappa shape index (κ3) is 11.0. The second-order valence-corrected chi connectivity index (χ2v) is 17.6. The zero-order chi connectivity index (χ0) is 46.2. The highest BCUT2D eigenvalue weighted by molar-refractivity contribution is 6.31. The lowest BCUT2D eigenvalue weighted by Crippen LogP contribution is -2.54. The number of aromatic nitrogens is 2. The van der Waals surface area contributed by atoms with E-state index in [9.17, 15) is 28.4 Å². The Bertz CT molecular complexity index is 2480. The molecule has 1 atom stereocenters. The average Bonchev–Trinajstić information content (AvgIpc) is 3.57.